The quantitative estimate of drug-likeness (QED) is 0.255. The lowest BCUT2D eigenvalue weighted by molar-refractivity contribution is 0.692. The van der Waals surface area contributed by atoms with Crippen LogP contribution in [0.1, 0.15) is 16.7 Å². The Morgan fingerprint density at radius 3 is 2.15 bits per heavy atom. The number of nitrogens with one attached hydrogen (secondary N) is 1. The summed E-state index contributed by atoms with van der Waals surface area (Å²) in [4.78, 5) is 0. The van der Waals surface area contributed by atoms with Crippen LogP contribution in [0.25, 0.3) is 22.0 Å². The molecular weight excluding hydrogens is 447 g/mol. The number of halogens is 2. The Morgan fingerprint density at radius 2 is 1.39 bits per heavy atom. The minimum Gasteiger partial charge on any atom is -0.343 e. The molecule has 4 aromatic carbocycles. The molecule has 0 bridgehead atoms. The molecular formula is C29H24Cl2N2. The smallest absolute Gasteiger partial charge is 0.0487 e. The van der Waals surface area contributed by atoms with Crippen LogP contribution in [0.2, 0.25) is 10.0 Å². The zero-order chi connectivity index (χ0) is 22.6. The molecule has 0 saturated carbocycles. The Kier molecular flexibility index (Phi) is 6.50. The maximum Gasteiger partial charge on any atom is 0.0487 e. The van der Waals surface area contributed by atoms with Crippen molar-refractivity contribution in [1.29, 1.82) is 0 Å². The van der Waals surface area contributed by atoms with Gasteiger partial charge in [-0.1, -0.05) is 96.0 Å². The fraction of sp³-hybridized carbons (Fsp3) is 0.103. The van der Waals surface area contributed by atoms with E-state index in [2.05, 4.69) is 94.9 Å². The standard InChI is InChI=1S/C29H24Cl2N2/c30-26-13-11-24(28(31)16-26)17-32-18-25-20-33(19-21-7-3-1-4-8-21)29-14-12-23(15-27(25)29)22-9-5-2-6-10-22/h1-16,20,32H,17-19H2. The molecule has 0 unspecified atom stereocenters. The molecule has 33 heavy (non-hydrogen) atoms. The summed E-state index contributed by atoms with van der Waals surface area (Å²) in [7, 11) is 0. The van der Waals surface area contributed by atoms with Gasteiger partial charge in [0.05, 0.1) is 0 Å². The van der Waals surface area contributed by atoms with E-state index in [1.165, 1.54) is 33.2 Å². The molecule has 164 valence electrons. The van der Waals surface area contributed by atoms with Crippen molar-refractivity contribution in [3.8, 4) is 11.1 Å². The Morgan fingerprint density at radius 1 is 0.667 bits per heavy atom. The van der Waals surface area contributed by atoms with E-state index in [0.29, 0.717) is 16.6 Å². The highest BCUT2D eigenvalue weighted by Gasteiger charge is 2.11. The van der Waals surface area contributed by atoms with E-state index >= 15 is 0 Å². The van der Waals surface area contributed by atoms with E-state index in [4.69, 9.17) is 23.2 Å². The first kappa shape index (κ1) is 21.8. The van der Waals surface area contributed by atoms with Gasteiger partial charge in [0.25, 0.3) is 0 Å². The summed E-state index contributed by atoms with van der Waals surface area (Å²) in [6, 6.07) is 33.5. The number of hydrogen-bond donors (Lipinski definition) is 1. The molecule has 0 aliphatic carbocycles. The number of hydrogen-bond acceptors (Lipinski definition) is 1. The van der Waals surface area contributed by atoms with Gasteiger partial charge in [-0.15, -0.1) is 0 Å². The highest BCUT2D eigenvalue weighted by molar-refractivity contribution is 6.35. The maximum atomic E-state index is 6.36. The SMILES string of the molecule is Clc1ccc(CNCc2cn(Cc3ccccc3)c3ccc(-c4ccccc4)cc23)c(Cl)c1. The highest BCUT2D eigenvalue weighted by Crippen LogP contribution is 2.29. The van der Waals surface area contributed by atoms with Crippen molar-refractivity contribution < 1.29 is 0 Å². The predicted molar refractivity (Wildman–Crippen MR) is 140 cm³/mol. The summed E-state index contributed by atoms with van der Waals surface area (Å²) in [5.74, 6) is 0. The fourth-order valence-corrected chi connectivity index (χ4v) is 4.71. The Labute approximate surface area is 204 Å². The molecule has 0 spiro atoms. The van der Waals surface area contributed by atoms with Crippen molar-refractivity contribution in [3.63, 3.8) is 0 Å². The van der Waals surface area contributed by atoms with E-state index in [-0.39, 0.29) is 0 Å². The van der Waals surface area contributed by atoms with Gasteiger partial charge in [-0.25, -0.2) is 0 Å². The van der Waals surface area contributed by atoms with E-state index in [1.807, 2.05) is 12.1 Å². The molecule has 5 aromatic rings. The van der Waals surface area contributed by atoms with Crippen LogP contribution in [-0.4, -0.2) is 4.57 Å². The molecule has 1 heterocycles. The largest absolute Gasteiger partial charge is 0.343 e. The van der Waals surface area contributed by atoms with Crippen LogP contribution >= 0.6 is 23.2 Å². The van der Waals surface area contributed by atoms with Gasteiger partial charge < -0.3 is 9.88 Å². The summed E-state index contributed by atoms with van der Waals surface area (Å²) >= 11 is 12.4. The lowest BCUT2D eigenvalue weighted by Gasteiger charge is -2.08. The van der Waals surface area contributed by atoms with Crippen molar-refractivity contribution in [2.75, 3.05) is 0 Å². The molecule has 4 heteroatoms. The van der Waals surface area contributed by atoms with E-state index < -0.39 is 0 Å². The molecule has 1 aromatic heterocycles. The monoisotopic (exact) mass is 470 g/mol. The topological polar surface area (TPSA) is 17.0 Å². The Balaban J connectivity index is 1.46. The molecule has 0 saturated heterocycles. The number of aromatic nitrogens is 1. The Bertz CT molecular complexity index is 1380. The van der Waals surface area contributed by atoms with Gasteiger partial charge in [-0.05, 0) is 52.1 Å². The third-order valence-corrected chi connectivity index (χ3v) is 6.50. The molecule has 5 rings (SSSR count). The molecule has 0 aliphatic heterocycles. The predicted octanol–water partition coefficient (Wildman–Crippen LogP) is 7.95. The van der Waals surface area contributed by atoms with Crippen LogP contribution < -0.4 is 5.32 Å². The maximum absolute atomic E-state index is 6.36. The summed E-state index contributed by atoms with van der Waals surface area (Å²) in [6.45, 7) is 2.26. The van der Waals surface area contributed by atoms with Gasteiger partial charge in [0.2, 0.25) is 0 Å². The third-order valence-electron chi connectivity index (χ3n) is 5.91. The fourth-order valence-electron chi connectivity index (χ4n) is 4.23. The average molecular weight is 471 g/mol. The molecule has 0 radical (unpaired) electrons. The number of nitrogens with zero attached hydrogens (tertiary/aromatic N) is 1. The molecule has 2 nitrogen and oxygen atoms in total. The van der Waals surface area contributed by atoms with Crippen LogP contribution in [0.5, 0.6) is 0 Å². The van der Waals surface area contributed by atoms with E-state index in [9.17, 15) is 0 Å². The van der Waals surface area contributed by atoms with Gasteiger partial charge in [0.15, 0.2) is 0 Å². The van der Waals surface area contributed by atoms with E-state index in [1.54, 1.807) is 6.07 Å². The first-order valence-corrected chi connectivity index (χ1v) is 11.8. The zero-order valence-electron chi connectivity index (χ0n) is 18.1. The molecule has 0 aliphatic rings. The average Bonchev–Trinajstić information content (AvgIpc) is 3.18. The molecule has 0 atom stereocenters. The number of fused-ring (bicyclic) bond motifs is 1. The van der Waals surface area contributed by atoms with Crippen molar-refractivity contribution in [3.05, 3.63) is 130 Å². The lowest BCUT2D eigenvalue weighted by Crippen LogP contribution is -2.12. The third kappa shape index (κ3) is 4.99. The number of rotatable bonds is 7. The lowest BCUT2D eigenvalue weighted by atomic mass is 10.0. The van der Waals surface area contributed by atoms with Crippen LogP contribution in [0.4, 0.5) is 0 Å². The highest BCUT2D eigenvalue weighted by atomic mass is 35.5. The summed E-state index contributed by atoms with van der Waals surface area (Å²) < 4.78 is 2.34. The zero-order valence-corrected chi connectivity index (χ0v) is 19.7. The minimum absolute atomic E-state index is 0.654. The minimum atomic E-state index is 0.654. The van der Waals surface area contributed by atoms with Crippen molar-refractivity contribution in [2.24, 2.45) is 0 Å². The van der Waals surface area contributed by atoms with Gasteiger partial charge in [0.1, 0.15) is 0 Å². The van der Waals surface area contributed by atoms with Gasteiger partial charge in [0, 0.05) is 46.8 Å². The summed E-state index contributed by atoms with van der Waals surface area (Å²) in [5, 5.41) is 6.17. The molecule has 0 amide bonds. The second-order valence-electron chi connectivity index (χ2n) is 8.21. The van der Waals surface area contributed by atoms with Crippen LogP contribution in [-0.2, 0) is 19.6 Å². The van der Waals surface area contributed by atoms with E-state index in [0.717, 1.165) is 18.7 Å². The first-order valence-electron chi connectivity index (χ1n) is 11.0. The second-order valence-corrected chi connectivity index (χ2v) is 9.05. The summed E-state index contributed by atoms with van der Waals surface area (Å²) in [5.41, 5.74) is 7.28. The van der Waals surface area contributed by atoms with Gasteiger partial charge in [-0.3, -0.25) is 0 Å². The summed E-state index contributed by atoms with van der Waals surface area (Å²) in [6.07, 6.45) is 2.27. The molecule has 0 fully saturated rings. The molecule has 1 N–H and O–H groups in total. The van der Waals surface area contributed by atoms with Crippen LogP contribution in [0.3, 0.4) is 0 Å². The van der Waals surface area contributed by atoms with Gasteiger partial charge in [-0.2, -0.15) is 0 Å². The second kappa shape index (κ2) is 9.84. The van der Waals surface area contributed by atoms with Crippen molar-refractivity contribution in [2.45, 2.75) is 19.6 Å². The van der Waals surface area contributed by atoms with Crippen molar-refractivity contribution >= 4 is 34.1 Å². The van der Waals surface area contributed by atoms with Crippen molar-refractivity contribution in [1.82, 2.24) is 9.88 Å². The number of benzene rings is 4. The van der Waals surface area contributed by atoms with Crippen LogP contribution in [0.15, 0.2) is 103 Å². The first-order chi connectivity index (χ1) is 16.2. The van der Waals surface area contributed by atoms with Gasteiger partial charge >= 0.3 is 0 Å². The Hall–Kier alpha value is -3.04. The van der Waals surface area contributed by atoms with Crippen LogP contribution in [0, 0.1) is 0 Å². The normalized spacial score (nSPS) is 11.2.